The van der Waals surface area contributed by atoms with Crippen LogP contribution >= 0.6 is 22.6 Å². The minimum absolute atomic E-state index is 0.234. The van der Waals surface area contributed by atoms with Crippen LogP contribution in [0.1, 0.15) is 5.56 Å². The summed E-state index contributed by atoms with van der Waals surface area (Å²) in [5, 5.41) is 0. The summed E-state index contributed by atoms with van der Waals surface area (Å²) < 4.78 is 2.95. The van der Waals surface area contributed by atoms with Gasteiger partial charge >= 0.3 is 0 Å². The number of amides is 1. The first-order valence-electron chi connectivity index (χ1n) is 4.07. The van der Waals surface area contributed by atoms with Crippen LogP contribution in [0.25, 0.3) is 5.65 Å². The van der Waals surface area contributed by atoms with Gasteiger partial charge in [-0.15, -0.1) is 0 Å². The molecule has 0 spiro atoms. The number of halogens is 1. The van der Waals surface area contributed by atoms with Gasteiger partial charge in [-0.2, -0.15) is 0 Å². The van der Waals surface area contributed by atoms with Crippen LogP contribution in [0.3, 0.4) is 0 Å². The van der Waals surface area contributed by atoms with Crippen LogP contribution in [0.4, 0.5) is 0 Å². The number of pyridine rings is 1. The summed E-state index contributed by atoms with van der Waals surface area (Å²) in [7, 11) is 0. The third-order valence-electron chi connectivity index (χ3n) is 1.94. The van der Waals surface area contributed by atoms with Crippen molar-refractivity contribution >= 4 is 34.1 Å². The minimum atomic E-state index is -0.337. The maximum Gasteiger partial charge on any atom is 0.221 e. The van der Waals surface area contributed by atoms with Gasteiger partial charge in [0.25, 0.3) is 0 Å². The predicted molar refractivity (Wildman–Crippen MR) is 60.8 cm³/mol. The number of nitrogens with zero attached hydrogens (tertiary/aromatic N) is 2. The van der Waals surface area contributed by atoms with Gasteiger partial charge in [-0.25, -0.2) is 4.98 Å². The van der Waals surface area contributed by atoms with Gasteiger partial charge < -0.3 is 5.73 Å². The summed E-state index contributed by atoms with van der Waals surface area (Å²) in [6, 6.07) is 3.75. The smallest absolute Gasteiger partial charge is 0.221 e. The Bertz CT molecular complexity index is 492. The molecule has 0 radical (unpaired) electrons. The molecule has 0 aliphatic rings. The maximum absolute atomic E-state index is 10.8. The molecular formula is C9H8IN3O. The maximum atomic E-state index is 10.8. The molecule has 0 unspecified atom stereocenters. The predicted octanol–water partition coefficient (Wildman–Crippen LogP) is 0.967. The summed E-state index contributed by atoms with van der Waals surface area (Å²) in [4.78, 5) is 15.0. The molecule has 2 rings (SSSR count). The molecule has 2 aromatic heterocycles. The van der Waals surface area contributed by atoms with Gasteiger partial charge in [0.1, 0.15) is 9.35 Å². The number of hydrogen-bond donors (Lipinski definition) is 1. The molecule has 0 saturated carbocycles. The van der Waals surface area contributed by atoms with Crippen LogP contribution in [0.5, 0.6) is 0 Å². The molecule has 2 heterocycles. The number of fused-ring (bicyclic) bond motifs is 1. The quantitative estimate of drug-likeness (QED) is 0.840. The first-order chi connectivity index (χ1) is 6.68. The van der Waals surface area contributed by atoms with E-state index in [1.165, 1.54) is 0 Å². The van der Waals surface area contributed by atoms with E-state index in [9.17, 15) is 4.79 Å². The van der Waals surface area contributed by atoms with E-state index in [2.05, 4.69) is 27.6 Å². The third-order valence-corrected chi connectivity index (χ3v) is 2.73. The molecule has 72 valence electrons. The molecule has 0 atom stereocenters. The van der Waals surface area contributed by atoms with Crippen LogP contribution in [0.15, 0.2) is 24.5 Å². The lowest BCUT2D eigenvalue weighted by molar-refractivity contribution is -0.117. The van der Waals surface area contributed by atoms with E-state index in [1.54, 1.807) is 6.20 Å². The summed E-state index contributed by atoms with van der Waals surface area (Å²) in [5.41, 5.74) is 6.81. The number of nitrogens with two attached hydrogens (primary N) is 1. The Morgan fingerprint density at radius 1 is 1.64 bits per heavy atom. The van der Waals surface area contributed by atoms with Crippen molar-refractivity contribution < 1.29 is 4.79 Å². The van der Waals surface area contributed by atoms with Crippen LogP contribution < -0.4 is 5.73 Å². The lowest BCUT2D eigenvalue weighted by atomic mass is 10.2. The largest absolute Gasteiger partial charge is 0.369 e. The lowest BCUT2D eigenvalue weighted by Crippen LogP contribution is -2.14. The average molecular weight is 301 g/mol. The SMILES string of the molecule is NC(=O)Cc1cccn2c(I)cnc12. The molecular weight excluding hydrogens is 293 g/mol. The molecule has 4 nitrogen and oxygen atoms in total. The van der Waals surface area contributed by atoms with E-state index in [0.717, 1.165) is 14.9 Å². The van der Waals surface area contributed by atoms with Crippen LogP contribution in [0, 0.1) is 3.70 Å². The third kappa shape index (κ3) is 1.59. The van der Waals surface area contributed by atoms with E-state index >= 15 is 0 Å². The van der Waals surface area contributed by atoms with Crippen LogP contribution in [-0.2, 0) is 11.2 Å². The van der Waals surface area contributed by atoms with Crippen LogP contribution in [0.2, 0.25) is 0 Å². The molecule has 0 saturated heterocycles. The van der Waals surface area contributed by atoms with Gasteiger partial charge in [0.15, 0.2) is 0 Å². The van der Waals surface area contributed by atoms with E-state index in [-0.39, 0.29) is 12.3 Å². The monoisotopic (exact) mass is 301 g/mol. The fourth-order valence-corrected chi connectivity index (χ4v) is 1.89. The highest BCUT2D eigenvalue weighted by molar-refractivity contribution is 14.1. The fourth-order valence-electron chi connectivity index (χ4n) is 1.36. The Labute approximate surface area is 94.3 Å². The molecule has 0 bridgehead atoms. The second-order valence-corrected chi connectivity index (χ2v) is 4.06. The standard InChI is InChI=1S/C9H8IN3O/c10-7-5-12-9-6(4-8(11)14)2-1-3-13(7)9/h1-3,5H,4H2,(H2,11,14). The average Bonchev–Trinajstić information content (AvgIpc) is 2.49. The van der Waals surface area contributed by atoms with E-state index in [0.29, 0.717) is 0 Å². The van der Waals surface area contributed by atoms with E-state index in [4.69, 9.17) is 5.73 Å². The number of aromatic nitrogens is 2. The Morgan fingerprint density at radius 3 is 3.14 bits per heavy atom. The van der Waals surface area contributed by atoms with Gasteiger partial charge in [0, 0.05) is 11.8 Å². The summed E-state index contributed by atoms with van der Waals surface area (Å²) in [6.45, 7) is 0. The zero-order valence-electron chi connectivity index (χ0n) is 7.27. The van der Waals surface area contributed by atoms with Gasteiger partial charge in [-0.3, -0.25) is 9.20 Å². The van der Waals surface area contributed by atoms with Crippen molar-refractivity contribution in [2.75, 3.05) is 0 Å². The Hall–Kier alpha value is -1.11. The highest BCUT2D eigenvalue weighted by Crippen LogP contribution is 2.13. The fraction of sp³-hybridized carbons (Fsp3) is 0.111. The normalized spacial score (nSPS) is 10.6. The second kappa shape index (κ2) is 3.56. The number of carbonyl (C=O) groups excluding carboxylic acids is 1. The lowest BCUT2D eigenvalue weighted by Gasteiger charge is -2.00. The Balaban J connectivity index is 2.59. The number of carbonyl (C=O) groups is 1. The topological polar surface area (TPSA) is 60.4 Å². The summed E-state index contributed by atoms with van der Waals surface area (Å²) in [5.74, 6) is -0.337. The Kier molecular flexibility index (Phi) is 2.40. The van der Waals surface area contributed by atoms with Gasteiger partial charge in [-0.1, -0.05) is 6.07 Å². The number of hydrogen-bond acceptors (Lipinski definition) is 2. The second-order valence-electron chi connectivity index (χ2n) is 2.95. The van der Waals surface area contributed by atoms with Crippen molar-refractivity contribution in [1.82, 2.24) is 9.38 Å². The Morgan fingerprint density at radius 2 is 2.43 bits per heavy atom. The highest BCUT2D eigenvalue weighted by Gasteiger charge is 2.07. The van der Waals surface area contributed by atoms with Gasteiger partial charge in [0.2, 0.25) is 5.91 Å². The van der Waals surface area contributed by atoms with E-state index in [1.807, 2.05) is 22.7 Å². The first-order valence-corrected chi connectivity index (χ1v) is 5.15. The van der Waals surface area contributed by atoms with Crippen molar-refractivity contribution in [1.29, 1.82) is 0 Å². The number of primary amides is 1. The molecule has 0 aliphatic carbocycles. The first kappa shape index (κ1) is 9.45. The molecule has 1 amide bonds. The zero-order chi connectivity index (χ0) is 10.1. The molecule has 0 fully saturated rings. The van der Waals surface area contributed by atoms with E-state index < -0.39 is 0 Å². The van der Waals surface area contributed by atoms with Crippen molar-refractivity contribution in [3.63, 3.8) is 0 Å². The number of imidazole rings is 1. The minimum Gasteiger partial charge on any atom is -0.369 e. The van der Waals surface area contributed by atoms with Crippen molar-refractivity contribution in [2.45, 2.75) is 6.42 Å². The molecule has 0 aliphatic heterocycles. The summed E-state index contributed by atoms with van der Waals surface area (Å²) in [6.07, 6.45) is 3.91. The molecule has 2 N–H and O–H groups in total. The molecule has 2 aromatic rings. The molecule has 14 heavy (non-hydrogen) atoms. The van der Waals surface area contributed by atoms with Crippen LogP contribution in [-0.4, -0.2) is 15.3 Å². The zero-order valence-corrected chi connectivity index (χ0v) is 9.43. The van der Waals surface area contributed by atoms with Crippen molar-refractivity contribution in [2.24, 2.45) is 5.73 Å². The molecule has 5 heteroatoms. The highest BCUT2D eigenvalue weighted by atomic mass is 127. The summed E-state index contributed by atoms with van der Waals surface area (Å²) >= 11 is 2.19. The van der Waals surface area contributed by atoms with Gasteiger partial charge in [0.05, 0.1) is 12.6 Å². The van der Waals surface area contributed by atoms with Crippen molar-refractivity contribution in [3.8, 4) is 0 Å². The van der Waals surface area contributed by atoms with Crippen molar-refractivity contribution in [3.05, 3.63) is 33.8 Å². The van der Waals surface area contributed by atoms with Gasteiger partial charge in [-0.05, 0) is 28.7 Å². The molecule has 0 aromatic carbocycles. The number of rotatable bonds is 2.